The minimum atomic E-state index is -0.170. The number of piperidine rings is 1. The van der Waals surface area contributed by atoms with Crippen LogP contribution in [0.15, 0.2) is 24.3 Å². The normalized spacial score (nSPS) is 32.7. The number of anilines is 1. The molecule has 0 aromatic heterocycles. The van der Waals surface area contributed by atoms with Crippen LogP contribution >= 0.6 is 0 Å². The van der Waals surface area contributed by atoms with E-state index in [1.807, 2.05) is 12.1 Å². The lowest BCUT2D eigenvalue weighted by molar-refractivity contribution is 0.378. The maximum Gasteiger partial charge on any atom is 0.123 e. The van der Waals surface area contributed by atoms with E-state index in [4.69, 9.17) is 0 Å². The summed E-state index contributed by atoms with van der Waals surface area (Å²) in [4.78, 5) is 0. The Kier molecular flexibility index (Phi) is 2.56. The van der Waals surface area contributed by atoms with Gasteiger partial charge in [-0.3, -0.25) is 0 Å². The zero-order valence-electron chi connectivity index (χ0n) is 9.25. The van der Waals surface area contributed by atoms with Crippen LogP contribution in [0.5, 0.6) is 0 Å². The van der Waals surface area contributed by atoms with Crippen molar-refractivity contribution in [3.63, 3.8) is 0 Å². The topological polar surface area (TPSA) is 24.1 Å². The van der Waals surface area contributed by atoms with Crippen molar-refractivity contribution in [3.05, 3.63) is 30.1 Å². The maximum atomic E-state index is 12.8. The standard InChI is InChI=1S/C13H17FN2/c14-9-1-3-10(4-2-9)15-13-7-11-5-6-12(8-13)16-11/h1-4,11-13,15-16H,5-8H2. The lowest BCUT2D eigenvalue weighted by Gasteiger charge is -2.30. The van der Waals surface area contributed by atoms with E-state index in [-0.39, 0.29) is 5.82 Å². The molecule has 2 saturated heterocycles. The average molecular weight is 220 g/mol. The van der Waals surface area contributed by atoms with Gasteiger partial charge in [-0.1, -0.05) is 0 Å². The lowest BCUT2D eigenvalue weighted by atomic mass is 9.99. The fourth-order valence-electron chi connectivity index (χ4n) is 2.96. The maximum absolute atomic E-state index is 12.8. The summed E-state index contributed by atoms with van der Waals surface area (Å²) in [7, 11) is 0. The van der Waals surface area contributed by atoms with Crippen molar-refractivity contribution < 1.29 is 4.39 Å². The van der Waals surface area contributed by atoms with Crippen LogP contribution in [0.4, 0.5) is 10.1 Å². The van der Waals surface area contributed by atoms with Crippen molar-refractivity contribution in [2.75, 3.05) is 5.32 Å². The van der Waals surface area contributed by atoms with E-state index in [0.29, 0.717) is 18.1 Å². The third-order valence-corrected chi connectivity index (χ3v) is 3.69. The van der Waals surface area contributed by atoms with E-state index < -0.39 is 0 Å². The Hall–Kier alpha value is -1.09. The highest BCUT2D eigenvalue weighted by molar-refractivity contribution is 5.44. The van der Waals surface area contributed by atoms with Crippen molar-refractivity contribution in [1.29, 1.82) is 0 Å². The molecule has 0 spiro atoms. The van der Waals surface area contributed by atoms with Crippen molar-refractivity contribution in [1.82, 2.24) is 5.32 Å². The third-order valence-electron chi connectivity index (χ3n) is 3.69. The molecule has 0 radical (unpaired) electrons. The summed E-state index contributed by atoms with van der Waals surface area (Å²) in [6.07, 6.45) is 5.00. The van der Waals surface area contributed by atoms with Gasteiger partial charge in [-0.2, -0.15) is 0 Å². The van der Waals surface area contributed by atoms with Crippen molar-refractivity contribution in [3.8, 4) is 0 Å². The van der Waals surface area contributed by atoms with Crippen molar-refractivity contribution >= 4 is 5.69 Å². The lowest BCUT2D eigenvalue weighted by Crippen LogP contribution is -2.43. The van der Waals surface area contributed by atoms with Gasteiger partial charge in [0.1, 0.15) is 5.82 Å². The first-order valence-electron chi connectivity index (χ1n) is 6.08. The number of halogens is 1. The van der Waals surface area contributed by atoms with E-state index in [9.17, 15) is 4.39 Å². The van der Waals surface area contributed by atoms with Gasteiger partial charge in [0.15, 0.2) is 0 Å². The number of nitrogens with one attached hydrogen (secondary N) is 2. The van der Waals surface area contributed by atoms with E-state index in [1.54, 1.807) is 0 Å². The molecular formula is C13H17FN2. The van der Waals surface area contributed by atoms with E-state index in [0.717, 1.165) is 5.69 Å². The van der Waals surface area contributed by atoms with Gasteiger partial charge in [0, 0.05) is 23.8 Å². The predicted octanol–water partition coefficient (Wildman–Crippen LogP) is 2.52. The van der Waals surface area contributed by atoms with Crippen molar-refractivity contribution in [2.45, 2.75) is 43.8 Å². The summed E-state index contributed by atoms with van der Waals surface area (Å²) in [6, 6.07) is 8.59. The molecule has 3 heteroatoms. The first kappa shape index (κ1) is 10.1. The molecule has 1 aromatic carbocycles. The number of benzene rings is 1. The Balaban J connectivity index is 1.64. The Morgan fingerprint density at radius 1 is 1.06 bits per heavy atom. The molecule has 2 aliphatic heterocycles. The summed E-state index contributed by atoms with van der Waals surface area (Å²) in [6.45, 7) is 0. The number of rotatable bonds is 2. The Morgan fingerprint density at radius 2 is 1.69 bits per heavy atom. The van der Waals surface area contributed by atoms with Crippen LogP contribution in [0, 0.1) is 5.82 Å². The molecule has 1 aromatic rings. The molecule has 2 atom stereocenters. The second kappa shape index (κ2) is 4.06. The fourth-order valence-corrected chi connectivity index (χ4v) is 2.96. The summed E-state index contributed by atoms with van der Waals surface area (Å²) in [5.74, 6) is -0.170. The molecule has 3 rings (SSSR count). The minimum absolute atomic E-state index is 0.170. The molecule has 2 nitrogen and oxygen atoms in total. The van der Waals surface area contributed by atoms with Gasteiger partial charge in [-0.05, 0) is 49.9 Å². The van der Waals surface area contributed by atoms with Crippen LogP contribution in [0.3, 0.4) is 0 Å². The molecule has 2 N–H and O–H groups in total. The van der Waals surface area contributed by atoms with E-state index in [1.165, 1.54) is 37.8 Å². The molecular weight excluding hydrogens is 203 g/mol. The molecule has 0 saturated carbocycles. The predicted molar refractivity (Wildman–Crippen MR) is 63.0 cm³/mol. The van der Waals surface area contributed by atoms with Crippen molar-refractivity contribution in [2.24, 2.45) is 0 Å². The highest BCUT2D eigenvalue weighted by Crippen LogP contribution is 2.28. The molecule has 86 valence electrons. The van der Waals surface area contributed by atoms with Crippen LogP contribution in [-0.4, -0.2) is 18.1 Å². The second-order valence-corrected chi connectivity index (χ2v) is 4.96. The van der Waals surface area contributed by atoms with Gasteiger partial charge in [-0.15, -0.1) is 0 Å². The molecule has 0 aliphatic carbocycles. The Morgan fingerprint density at radius 3 is 2.31 bits per heavy atom. The molecule has 2 aliphatic rings. The monoisotopic (exact) mass is 220 g/mol. The Labute approximate surface area is 95.2 Å². The molecule has 2 unspecified atom stereocenters. The van der Waals surface area contributed by atoms with Gasteiger partial charge in [0.25, 0.3) is 0 Å². The van der Waals surface area contributed by atoms with Gasteiger partial charge >= 0.3 is 0 Å². The van der Waals surface area contributed by atoms with Gasteiger partial charge in [0.05, 0.1) is 0 Å². The second-order valence-electron chi connectivity index (χ2n) is 4.96. The minimum Gasteiger partial charge on any atom is -0.382 e. The number of fused-ring (bicyclic) bond motifs is 2. The fraction of sp³-hybridized carbons (Fsp3) is 0.538. The van der Waals surface area contributed by atoms with Crippen LogP contribution < -0.4 is 10.6 Å². The van der Waals surface area contributed by atoms with E-state index >= 15 is 0 Å². The Bertz CT molecular complexity index is 351. The highest BCUT2D eigenvalue weighted by atomic mass is 19.1. The van der Waals surface area contributed by atoms with Gasteiger partial charge in [-0.25, -0.2) is 4.39 Å². The molecule has 2 fully saturated rings. The van der Waals surface area contributed by atoms with Crippen LogP contribution in [0.2, 0.25) is 0 Å². The average Bonchev–Trinajstić information content (AvgIpc) is 2.62. The van der Waals surface area contributed by atoms with E-state index in [2.05, 4.69) is 10.6 Å². The summed E-state index contributed by atoms with van der Waals surface area (Å²) in [5, 5.41) is 7.12. The first-order chi connectivity index (χ1) is 7.79. The largest absolute Gasteiger partial charge is 0.382 e. The zero-order chi connectivity index (χ0) is 11.0. The molecule has 2 bridgehead atoms. The number of hydrogen-bond acceptors (Lipinski definition) is 2. The summed E-state index contributed by atoms with van der Waals surface area (Å²) < 4.78 is 12.8. The van der Waals surface area contributed by atoms with Crippen LogP contribution in [0.1, 0.15) is 25.7 Å². The van der Waals surface area contributed by atoms with Crippen LogP contribution in [-0.2, 0) is 0 Å². The molecule has 16 heavy (non-hydrogen) atoms. The highest BCUT2D eigenvalue weighted by Gasteiger charge is 2.33. The molecule has 0 amide bonds. The summed E-state index contributed by atoms with van der Waals surface area (Å²) >= 11 is 0. The smallest absolute Gasteiger partial charge is 0.123 e. The first-order valence-corrected chi connectivity index (χ1v) is 6.08. The third kappa shape index (κ3) is 2.05. The zero-order valence-corrected chi connectivity index (χ0v) is 9.25. The molecule has 2 heterocycles. The summed E-state index contributed by atoms with van der Waals surface area (Å²) in [5.41, 5.74) is 1.03. The quantitative estimate of drug-likeness (QED) is 0.800. The van der Waals surface area contributed by atoms with Gasteiger partial charge in [0.2, 0.25) is 0 Å². The van der Waals surface area contributed by atoms with Gasteiger partial charge < -0.3 is 10.6 Å². The number of hydrogen-bond donors (Lipinski definition) is 2. The SMILES string of the molecule is Fc1ccc(NC2CC3CCC(C2)N3)cc1. The van der Waals surface area contributed by atoms with Crippen LogP contribution in [0.25, 0.3) is 0 Å².